The molecule has 0 radical (unpaired) electrons. The Morgan fingerprint density at radius 1 is 1.06 bits per heavy atom. The highest BCUT2D eigenvalue weighted by molar-refractivity contribution is 5.80. The van der Waals surface area contributed by atoms with Crippen molar-refractivity contribution in [3.63, 3.8) is 0 Å². The monoisotopic (exact) mass is 430 g/mol. The molecule has 2 aliphatic rings. The van der Waals surface area contributed by atoms with Gasteiger partial charge in [-0.25, -0.2) is 0 Å². The summed E-state index contributed by atoms with van der Waals surface area (Å²) in [4.78, 5) is 12.4. The van der Waals surface area contributed by atoms with E-state index >= 15 is 0 Å². The summed E-state index contributed by atoms with van der Waals surface area (Å²) in [7, 11) is 1.74. The molecule has 0 saturated carbocycles. The van der Waals surface area contributed by atoms with Crippen LogP contribution < -0.4 is 20.3 Å². The maximum Gasteiger partial charge on any atom is 0.191 e. The van der Waals surface area contributed by atoms with Crippen LogP contribution in [0.25, 0.3) is 0 Å². The van der Waals surface area contributed by atoms with Crippen LogP contribution in [0.3, 0.4) is 0 Å². The van der Waals surface area contributed by atoms with E-state index in [0.717, 1.165) is 50.7 Å². The molecule has 2 aliphatic heterocycles. The molecule has 3 rings (SSSR count). The summed E-state index contributed by atoms with van der Waals surface area (Å²) in [5.41, 5.74) is 1.18. The number of ether oxygens (including phenoxy) is 1. The van der Waals surface area contributed by atoms with Crippen molar-refractivity contribution in [3.8, 4) is 5.75 Å². The van der Waals surface area contributed by atoms with E-state index in [1.807, 2.05) is 12.1 Å². The molecular weight excluding hydrogens is 388 g/mol. The second kappa shape index (κ2) is 12.8. The summed E-state index contributed by atoms with van der Waals surface area (Å²) in [6, 6.07) is 8.68. The lowest BCUT2D eigenvalue weighted by Crippen LogP contribution is -2.46. The Balaban J connectivity index is 1.39. The fourth-order valence-corrected chi connectivity index (χ4v) is 4.47. The highest BCUT2D eigenvalue weighted by atomic mass is 16.5. The first kappa shape index (κ1) is 23.7. The number of aliphatic imine (C=N–C) groups is 1. The topological polar surface area (TPSA) is 55.4 Å². The zero-order valence-electron chi connectivity index (χ0n) is 19.8. The van der Waals surface area contributed by atoms with Crippen LogP contribution in [0.1, 0.15) is 33.1 Å². The Morgan fingerprint density at radius 2 is 1.84 bits per heavy atom. The predicted octanol–water partition coefficient (Wildman–Crippen LogP) is 2.25. The lowest BCUT2D eigenvalue weighted by atomic mass is 10.2. The third-order valence-electron chi connectivity index (χ3n) is 6.36. The Bertz CT molecular complexity index is 674. The molecule has 7 nitrogen and oxygen atoms in total. The number of methoxy groups -OCH3 is 1. The van der Waals surface area contributed by atoms with Crippen molar-refractivity contribution in [1.29, 1.82) is 0 Å². The van der Waals surface area contributed by atoms with Gasteiger partial charge in [-0.2, -0.15) is 0 Å². The first-order valence-electron chi connectivity index (χ1n) is 12.1. The van der Waals surface area contributed by atoms with Crippen molar-refractivity contribution in [2.45, 2.75) is 39.2 Å². The number of hydrogen-bond acceptors (Lipinski definition) is 5. The lowest BCUT2D eigenvalue weighted by Gasteiger charge is -2.33. The minimum Gasteiger partial charge on any atom is -0.495 e. The van der Waals surface area contributed by atoms with Gasteiger partial charge in [0.05, 0.1) is 12.8 Å². The number of piperazine rings is 1. The van der Waals surface area contributed by atoms with Crippen LogP contribution in [0.2, 0.25) is 0 Å². The molecule has 0 aliphatic carbocycles. The summed E-state index contributed by atoms with van der Waals surface area (Å²) >= 11 is 0. The second-order valence-electron chi connectivity index (χ2n) is 8.49. The molecule has 1 atom stereocenters. The molecule has 0 aromatic heterocycles. The van der Waals surface area contributed by atoms with E-state index in [2.05, 4.69) is 51.3 Å². The molecule has 174 valence electrons. The average Bonchev–Trinajstić information content (AvgIpc) is 3.27. The highest BCUT2D eigenvalue weighted by Crippen LogP contribution is 2.30. The van der Waals surface area contributed by atoms with Crippen molar-refractivity contribution >= 4 is 11.6 Å². The van der Waals surface area contributed by atoms with E-state index in [4.69, 9.17) is 9.73 Å². The number of anilines is 1. The third kappa shape index (κ3) is 7.28. The van der Waals surface area contributed by atoms with Crippen LogP contribution in [-0.2, 0) is 0 Å². The van der Waals surface area contributed by atoms with E-state index < -0.39 is 0 Å². The van der Waals surface area contributed by atoms with Gasteiger partial charge in [0.2, 0.25) is 0 Å². The largest absolute Gasteiger partial charge is 0.495 e. The van der Waals surface area contributed by atoms with Gasteiger partial charge in [-0.3, -0.25) is 4.99 Å². The maximum atomic E-state index is 5.54. The molecule has 1 aromatic carbocycles. The van der Waals surface area contributed by atoms with E-state index in [9.17, 15) is 0 Å². The fourth-order valence-electron chi connectivity index (χ4n) is 4.47. The molecule has 1 unspecified atom stereocenters. The van der Waals surface area contributed by atoms with E-state index in [0.29, 0.717) is 6.04 Å². The number of guanidine groups is 1. The van der Waals surface area contributed by atoms with Gasteiger partial charge in [0.1, 0.15) is 5.75 Å². The number of rotatable bonds is 10. The van der Waals surface area contributed by atoms with Crippen molar-refractivity contribution in [1.82, 2.24) is 20.4 Å². The summed E-state index contributed by atoms with van der Waals surface area (Å²) in [5, 5.41) is 7.06. The minimum atomic E-state index is 0.401. The molecule has 0 amide bonds. The number of hydrogen-bond donors (Lipinski definition) is 2. The first-order chi connectivity index (χ1) is 15.2. The van der Waals surface area contributed by atoms with E-state index in [1.54, 1.807) is 7.11 Å². The van der Waals surface area contributed by atoms with Gasteiger partial charge < -0.3 is 30.1 Å². The summed E-state index contributed by atoms with van der Waals surface area (Å²) in [6.07, 6.45) is 3.47. The van der Waals surface area contributed by atoms with Crippen LogP contribution in [0.15, 0.2) is 29.3 Å². The van der Waals surface area contributed by atoms with Gasteiger partial charge in [0.15, 0.2) is 5.96 Å². The molecule has 7 heteroatoms. The summed E-state index contributed by atoms with van der Waals surface area (Å²) in [5.74, 6) is 1.89. The van der Waals surface area contributed by atoms with Crippen LogP contribution in [0, 0.1) is 0 Å². The normalized spacial score (nSPS) is 20.8. The molecule has 31 heavy (non-hydrogen) atoms. The number of benzene rings is 1. The molecule has 1 aromatic rings. The molecule has 0 spiro atoms. The smallest absolute Gasteiger partial charge is 0.191 e. The standard InChI is InChI=1S/C24H42N6O/c1-4-25-24(26-13-8-9-14-29-18-16-28(5-2)17-19-29)27-21-12-15-30(20-21)22-10-6-7-11-23(22)31-3/h6-7,10-11,21H,4-5,8-9,12-20H2,1-3H3,(H2,25,26,27). The summed E-state index contributed by atoms with van der Waals surface area (Å²) < 4.78 is 5.54. The molecule has 0 bridgehead atoms. The number of likely N-dealkylation sites (N-methyl/N-ethyl adjacent to an activating group) is 1. The summed E-state index contributed by atoms with van der Waals surface area (Å²) in [6.45, 7) is 15.4. The van der Waals surface area contributed by atoms with Gasteiger partial charge in [-0.05, 0) is 51.4 Å². The molecule has 2 fully saturated rings. The van der Waals surface area contributed by atoms with Crippen LogP contribution in [-0.4, -0.2) is 94.4 Å². The van der Waals surface area contributed by atoms with Gasteiger partial charge in [-0.1, -0.05) is 19.1 Å². The van der Waals surface area contributed by atoms with E-state index in [-0.39, 0.29) is 0 Å². The molecule has 2 heterocycles. The van der Waals surface area contributed by atoms with Crippen molar-refractivity contribution in [2.75, 3.05) is 77.5 Å². The Kier molecular flexibility index (Phi) is 9.75. The molecule has 2 saturated heterocycles. The average molecular weight is 431 g/mol. The van der Waals surface area contributed by atoms with Crippen LogP contribution in [0.4, 0.5) is 5.69 Å². The van der Waals surface area contributed by atoms with Crippen molar-refractivity contribution < 1.29 is 4.74 Å². The zero-order chi connectivity index (χ0) is 21.9. The van der Waals surface area contributed by atoms with Gasteiger partial charge in [0.25, 0.3) is 0 Å². The SMILES string of the molecule is CCNC(=NCCCCN1CCN(CC)CC1)NC1CCN(c2ccccc2OC)C1. The Morgan fingerprint density at radius 3 is 2.58 bits per heavy atom. The van der Waals surface area contributed by atoms with Crippen LogP contribution >= 0.6 is 0 Å². The van der Waals surface area contributed by atoms with E-state index in [1.165, 1.54) is 51.4 Å². The number of nitrogens with zero attached hydrogens (tertiary/aromatic N) is 4. The number of nitrogens with one attached hydrogen (secondary N) is 2. The lowest BCUT2D eigenvalue weighted by molar-refractivity contribution is 0.136. The van der Waals surface area contributed by atoms with Crippen molar-refractivity contribution in [2.24, 2.45) is 4.99 Å². The predicted molar refractivity (Wildman–Crippen MR) is 131 cm³/mol. The fraction of sp³-hybridized carbons (Fsp3) is 0.708. The molecular formula is C24H42N6O. The molecule has 2 N–H and O–H groups in total. The Labute approximate surface area is 188 Å². The maximum absolute atomic E-state index is 5.54. The van der Waals surface area contributed by atoms with Crippen LogP contribution in [0.5, 0.6) is 5.75 Å². The minimum absolute atomic E-state index is 0.401. The Hall–Kier alpha value is -1.99. The second-order valence-corrected chi connectivity index (χ2v) is 8.49. The highest BCUT2D eigenvalue weighted by Gasteiger charge is 2.25. The quantitative estimate of drug-likeness (QED) is 0.337. The zero-order valence-corrected chi connectivity index (χ0v) is 19.8. The van der Waals surface area contributed by atoms with Gasteiger partial charge >= 0.3 is 0 Å². The van der Waals surface area contributed by atoms with Gasteiger partial charge in [0, 0.05) is 58.4 Å². The van der Waals surface area contributed by atoms with Crippen molar-refractivity contribution in [3.05, 3.63) is 24.3 Å². The third-order valence-corrected chi connectivity index (χ3v) is 6.36. The number of unbranched alkanes of at least 4 members (excludes halogenated alkanes) is 1. The number of para-hydroxylation sites is 2. The van der Waals surface area contributed by atoms with Gasteiger partial charge in [-0.15, -0.1) is 0 Å². The first-order valence-corrected chi connectivity index (χ1v) is 12.1.